The van der Waals surface area contributed by atoms with Crippen molar-refractivity contribution in [2.75, 3.05) is 11.9 Å². The lowest BCUT2D eigenvalue weighted by atomic mass is 10.1. The molecule has 0 heterocycles. The Balaban J connectivity index is 2.74. The number of nitrogens with zero attached hydrogens (tertiary/aromatic N) is 1. The van der Waals surface area contributed by atoms with Crippen molar-refractivity contribution >= 4 is 11.7 Å². The maximum Gasteiger partial charge on any atom is 0.308 e. The first-order chi connectivity index (χ1) is 7.54. The molecule has 1 atom stereocenters. The maximum atomic E-state index is 10.6. The zero-order valence-electron chi connectivity index (χ0n) is 9.32. The van der Waals surface area contributed by atoms with Crippen LogP contribution >= 0.6 is 0 Å². The molecule has 0 fully saturated rings. The maximum absolute atomic E-state index is 10.6. The summed E-state index contributed by atoms with van der Waals surface area (Å²) in [5.41, 5.74) is 2.37. The summed E-state index contributed by atoms with van der Waals surface area (Å²) >= 11 is 0. The number of nitriles is 1. The molecule has 16 heavy (non-hydrogen) atoms. The van der Waals surface area contributed by atoms with E-state index >= 15 is 0 Å². The summed E-state index contributed by atoms with van der Waals surface area (Å²) in [6, 6.07) is 7.35. The number of anilines is 1. The lowest BCUT2D eigenvalue weighted by Crippen LogP contribution is -2.19. The van der Waals surface area contributed by atoms with Crippen molar-refractivity contribution in [2.45, 2.75) is 13.8 Å². The van der Waals surface area contributed by atoms with Crippen LogP contribution in [-0.4, -0.2) is 17.6 Å². The van der Waals surface area contributed by atoms with Gasteiger partial charge in [-0.05, 0) is 24.6 Å². The standard InChI is InChI=1S/C12H14N2O2/c1-8-3-4-10(6-13)5-11(8)14-7-9(2)12(15)16/h3-5,9,14H,7H2,1-2H3,(H,15,16). The molecule has 1 aromatic carbocycles. The van der Waals surface area contributed by atoms with E-state index in [-0.39, 0.29) is 0 Å². The molecule has 0 aromatic heterocycles. The van der Waals surface area contributed by atoms with Crippen molar-refractivity contribution in [3.63, 3.8) is 0 Å². The lowest BCUT2D eigenvalue weighted by molar-refractivity contribution is -0.140. The number of rotatable bonds is 4. The van der Waals surface area contributed by atoms with E-state index in [4.69, 9.17) is 10.4 Å². The fourth-order valence-corrected chi connectivity index (χ4v) is 1.23. The first-order valence-corrected chi connectivity index (χ1v) is 5.02. The molecule has 0 aliphatic heterocycles. The summed E-state index contributed by atoms with van der Waals surface area (Å²) in [5, 5.41) is 20.5. The van der Waals surface area contributed by atoms with Gasteiger partial charge in [0.15, 0.2) is 0 Å². The molecule has 0 amide bonds. The molecule has 0 saturated heterocycles. The molecular formula is C12H14N2O2. The molecule has 4 nitrogen and oxygen atoms in total. The van der Waals surface area contributed by atoms with Gasteiger partial charge in [0, 0.05) is 12.2 Å². The second kappa shape index (κ2) is 5.17. The summed E-state index contributed by atoms with van der Waals surface area (Å²) < 4.78 is 0. The molecule has 4 heteroatoms. The van der Waals surface area contributed by atoms with E-state index in [0.717, 1.165) is 11.3 Å². The monoisotopic (exact) mass is 218 g/mol. The van der Waals surface area contributed by atoms with Gasteiger partial charge >= 0.3 is 5.97 Å². The number of carbonyl (C=O) groups is 1. The van der Waals surface area contributed by atoms with Gasteiger partial charge < -0.3 is 10.4 Å². The molecule has 0 bridgehead atoms. The summed E-state index contributed by atoms with van der Waals surface area (Å²) in [7, 11) is 0. The minimum atomic E-state index is -0.832. The largest absolute Gasteiger partial charge is 0.481 e. The number of benzene rings is 1. The van der Waals surface area contributed by atoms with Crippen molar-refractivity contribution in [2.24, 2.45) is 5.92 Å². The highest BCUT2D eigenvalue weighted by molar-refractivity contribution is 5.70. The molecule has 84 valence electrons. The SMILES string of the molecule is Cc1ccc(C#N)cc1NCC(C)C(=O)O. The Hall–Kier alpha value is -2.02. The molecule has 0 aliphatic rings. The van der Waals surface area contributed by atoms with Crippen molar-refractivity contribution in [1.82, 2.24) is 0 Å². The van der Waals surface area contributed by atoms with Gasteiger partial charge in [-0.2, -0.15) is 5.26 Å². The van der Waals surface area contributed by atoms with Gasteiger partial charge in [-0.15, -0.1) is 0 Å². The average molecular weight is 218 g/mol. The smallest absolute Gasteiger partial charge is 0.308 e. The van der Waals surface area contributed by atoms with Crippen LogP contribution in [0.15, 0.2) is 18.2 Å². The van der Waals surface area contributed by atoms with Gasteiger partial charge in [-0.3, -0.25) is 4.79 Å². The third-order valence-corrected chi connectivity index (χ3v) is 2.39. The number of carboxylic acids is 1. The number of hydrogen-bond donors (Lipinski definition) is 2. The van der Waals surface area contributed by atoms with Gasteiger partial charge in [0.1, 0.15) is 0 Å². The van der Waals surface area contributed by atoms with E-state index in [1.807, 2.05) is 19.1 Å². The topological polar surface area (TPSA) is 73.1 Å². The van der Waals surface area contributed by atoms with Gasteiger partial charge in [-0.25, -0.2) is 0 Å². The predicted octanol–water partition coefficient (Wildman–Crippen LogP) is 2.00. The first-order valence-electron chi connectivity index (χ1n) is 5.02. The number of nitrogens with one attached hydrogen (secondary N) is 1. The molecule has 1 unspecified atom stereocenters. The minimum Gasteiger partial charge on any atom is -0.481 e. The van der Waals surface area contributed by atoms with Crippen LogP contribution in [0.3, 0.4) is 0 Å². The highest BCUT2D eigenvalue weighted by Gasteiger charge is 2.10. The van der Waals surface area contributed by atoms with Crippen LogP contribution < -0.4 is 5.32 Å². The van der Waals surface area contributed by atoms with Crippen LogP contribution in [-0.2, 0) is 4.79 Å². The van der Waals surface area contributed by atoms with Gasteiger partial charge in [0.05, 0.1) is 17.6 Å². The Bertz CT molecular complexity index is 435. The normalized spacial score (nSPS) is 11.6. The second-order valence-corrected chi connectivity index (χ2v) is 3.76. The molecule has 1 rings (SSSR count). The van der Waals surface area contributed by atoms with Crippen molar-refractivity contribution in [3.8, 4) is 6.07 Å². The van der Waals surface area contributed by atoms with Gasteiger partial charge in [0.2, 0.25) is 0 Å². The lowest BCUT2D eigenvalue weighted by Gasteiger charge is -2.12. The molecule has 2 N–H and O–H groups in total. The second-order valence-electron chi connectivity index (χ2n) is 3.76. The van der Waals surface area contributed by atoms with Crippen LogP contribution in [0, 0.1) is 24.2 Å². The quantitative estimate of drug-likeness (QED) is 0.810. The average Bonchev–Trinajstić information content (AvgIpc) is 2.27. The zero-order chi connectivity index (χ0) is 12.1. The summed E-state index contributed by atoms with van der Waals surface area (Å²) in [4.78, 5) is 10.6. The number of aryl methyl sites for hydroxylation is 1. The highest BCUT2D eigenvalue weighted by atomic mass is 16.4. The first kappa shape index (κ1) is 12.1. The molecular weight excluding hydrogens is 204 g/mol. The Morgan fingerprint density at radius 2 is 2.31 bits per heavy atom. The Kier molecular flexibility index (Phi) is 3.90. The minimum absolute atomic E-state index is 0.352. The van der Waals surface area contributed by atoms with Crippen LogP contribution in [0.25, 0.3) is 0 Å². The van der Waals surface area contributed by atoms with Crippen LogP contribution in [0.2, 0.25) is 0 Å². The van der Waals surface area contributed by atoms with Crippen LogP contribution in [0.1, 0.15) is 18.1 Å². The van der Waals surface area contributed by atoms with E-state index in [1.165, 1.54) is 0 Å². The molecule has 0 spiro atoms. The van der Waals surface area contributed by atoms with Crippen LogP contribution in [0.4, 0.5) is 5.69 Å². The fraction of sp³-hybridized carbons (Fsp3) is 0.333. The van der Waals surface area contributed by atoms with E-state index in [0.29, 0.717) is 12.1 Å². The number of hydrogen-bond acceptors (Lipinski definition) is 3. The Morgan fingerprint density at radius 1 is 1.62 bits per heavy atom. The summed E-state index contributed by atoms with van der Waals surface area (Å²) in [5.74, 6) is -1.29. The predicted molar refractivity (Wildman–Crippen MR) is 61.2 cm³/mol. The third-order valence-electron chi connectivity index (χ3n) is 2.39. The highest BCUT2D eigenvalue weighted by Crippen LogP contribution is 2.16. The van der Waals surface area contributed by atoms with E-state index in [1.54, 1.807) is 19.1 Å². The zero-order valence-corrected chi connectivity index (χ0v) is 9.32. The molecule has 0 saturated carbocycles. The van der Waals surface area contributed by atoms with Gasteiger partial charge in [-0.1, -0.05) is 13.0 Å². The van der Waals surface area contributed by atoms with Crippen molar-refractivity contribution in [1.29, 1.82) is 5.26 Å². The number of aliphatic carboxylic acids is 1. The van der Waals surface area contributed by atoms with E-state index in [2.05, 4.69) is 5.32 Å². The van der Waals surface area contributed by atoms with Crippen LogP contribution in [0.5, 0.6) is 0 Å². The summed E-state index contributed by atoms with van der Waals surface area (Å²) in [6.45, 7) is 3.90. The van der Waals surface area contributed by atoms with E-state index in [9.17, 15) is 4.79 Å². The molecule has 0 radical (unpaired) electrons. The third kappa shape index (κ3) is 2.99. The molecule has 0 aliphatic carbocycles. The Morgan fingerprint density at radius 3 is 2.88 bits per heavy atom. The number of carboxylic acid groups (broad SMARTS) is 1. The van der Waals surface area contributed by atoms with Crippen molar-refractivity contribution in [3.05, 3.63) is 29.3 Å². The summed E-state index contributed by atoms with van der Waals surface area (Å²) in [6.07, 6.45) is 0. The Labute approximate surface area is 94.5 Å². The van der Waals surface area contributed by atoms with Gasteiger partial charge in [0.25, 0.3) is 0 Å². The molecule has 1 aromatic rings. The van der Waals surface area contributed by atoms with Crippen molar-refractivity contribution < 1.29 is 9.90 Å². The fourth-order valence-electron chi connectivity index (χ4n) is 1.23. The van der Waals surface area contributed by atoms with E-state index < -0.39 is 11.9 Å².